The number of benzene rings is 2. The van der Waals surface area contributed by atoms with E-state index in [0.717, 1.165) is 27.9 Å². The van der Waals surface area contributed by atoms with Crippen LogP contribution in [-0.4, -0.2) is 22.5 Å². The third kappa shape index (κ3) is 3.25. The third-order valence-electron chi connectivity index (χ3n) is 3.43. The molecule has 3 aromatic rings. The van der Waals surface area contributed by atoms with Crippen LogP contribution >= 0.6 is 0 Å². The van der Waals surface area contributed by atoms with E-state index in [1.54, 1.807) is 6.33 Å². The van der Waals surface area contributed by atoms with Crippen molar-refractivity contribution in [2.24, 2.45) is 0 Å². The van der Waals surface area contributed by atoms with E-state index in [1.807, 2.05) is 49.4 Å². The first-order chi connectivity index (χ1) is 10.7. The van der Waals surface area contributed by atoms with Crippen LogP contribution in [0.25, 0.3) is 11.0 Å². The predicted octanol–water partition coefficient (Wildman–Crippen LogP) is 2.57. The molecular weight excluding hydrogens is 278 g/mol. The SMILES string of the molecule is Cc1ccccc1OCC(=O)NCc1ccc2nc[nH]c2c1. The van der Waals surface area contributed by atoms with Crippen molar-refractivity contribution in [1.82, 2.24) is 15.3 Å². The summed E-state index contributed by atoms with van der Waals surface area (Å²) in [7, 11) is 0. The fourth-order valence-corrected chi connectivity index (χ4v) is 2.21. The van der Waals surface area contributed by atoms with Crippen molar-refractivity contribution < 1.29 is 9.53 Å². The molecule has 2 aromatic carbocycles. The largest absolute Gasteiger partial charge is 0.484 e. The van der Waals surface area contributed by atoms with Gasteiger partial charge in [-0.1, -0.05) is 24.3 Å². The molecule has 0 aliphatic heterocycles. The van der Waals surface area contributed by atoms with Crippen LogP contribution in [0.15, 0.2) is 48.8 Å². The number of aromatic amines is 1. The highest BCUT2D eigenvalue weighted by molar-refractivity contribution is 5.78. The van der Waals surface area contributed by atoms with Gasteiger partial charge in [0.2, 0.25) is 0 Å². The van der Waals surface area contributed by atoms with Gasteiger partial charge in [0.1, 0.15) is 5.75 Å². The number of carbonyl (C=O) groups excluding carboxylic acids is 1. The van der Waals surface area contributed by atoms with Crippen molar-refractivity contribution in [3.8, 4) is 5.75 Å². The Morgan fingerprint density at radius 1 is 1.27 bits per heavy atom. The molecule has 0 aliphatic rings. The van der Waals surface area contributed by atoms with E-state index < -0.39 is 0 Å². The van der Waals surface area contributed by atoms with Gasteiger partial charge in [0.05, 0.1) is 17.4 Å². The summed E-state index contributed by atoms with van der Waals surface area (Å²) in [5.74, 6) is 0.587. The summed E-state index contributed by atoms with van der Waals surface area (Å²) < 4.78 is 5.52. The van der Waals surface area contributed by atoms with Gasteiger partial charge in [0, 0.05) is 6.54 Å². The first-order valence-corrected chi connectivity index (χ1v) is 7.09. The molecule has 0 saturated carbocycles. The maximum atomic E-state index is 11.9. The fraction of sp³-hybridized carbons (Fsp3) is 0.176. The average molecular weight is 295 g/mol. The van der Waals surface area contributed by atoms with Crippen LogP contribution in [-0.2, 0) is 11.3 Å². The molecule has 0 unspecified atom stereocenters. The molecule has 0 fully saturated rings. The Hall–Kier alpha value is -2.82. The van der Waals surface area contributed by atoms with Crippen LogP contribution in [0, 0.1) is 6.92 Å². The number of amides is 1. The van der Waals surface area contributed by atoms with Crippen molar-refractivity contribution in [1.29, 1.82) is 0 Å². The maximum absolute atomic E-state index is 11.9. The van der Waals surface area contributed by atoms with Crippen LogP contribution in [0.4, 0.5) is 0 Å². The van der Waals surface area contributed by atoms with Gasteiger partial charge >= 0.3 is 0 Å². The van der Waals surface area contributed by atoms with Gasteiger partial charge < -0.3 is 15.0 Å². The lowest BCUT2D eigenvalue weighted by Gasteiger charge is -2.09. The lowest BCUT2D eigenvalue weighted by Crippen LogP contribution is -2.28. The lowest BCUT2D eigenvalue weighted by molar-refractivity contribution is -0.123. The maximum Gasteiger partial charge on any atom is 0.258 e. The van der Waals surface area contributed by atoms with E-state index >= 15 is 0 Å². The number of H-pyrrole nitrogens is 1. The Balaban J connectivity index is 1.52. The summed E-state index contributed by atoms with van der Waals surface area (Å²) in [6, 6.07) is 13.5. The summed E-state index contributed by atoms with van der Waals surface area (Å²) >= 11 is 0. The standard InChI is InChI=1S/C17H17N3O2/c1-12-4-2-3-5-16(12)22-10-17(21)18-9-13-6-7-14-15(8-13)20-11-19-14/h2-8,11H,9-10H2,1H3,(H,18,21)(H,19,20). The Morgan fingerprint density at radius 3 is 3.00 bits per heavy atom. The molecule has 0 bridgehead atoms. The Kier molecular flexibility index (Phi) is 4.05. The second kappa shape index (κ2) is 6.30. The molecule has 3 rings (SSSR count). The quantitative estimate of drug-likeness (QED) is 0.760. The molecule has 1 heterocycles. The minimum absolute atomic E-state index is 0.0111. The minimum Gasteiger partial charge on any atom is -0.484 e. The van der Waals surface area contributed by atoms with Crippen LogP contribution in [0.3, 0.4) is 0 Å². The Morgan fingerprint density at radius 2 is 2.14 bits per heavy atom. The number of nitrogens with one attached hydrogen (secondary N) is 2. The van der Waals surface area contributed by atoms with E-state index in [0.29, 0.717) is 6.54 Å². The molecule has 1 amide bonds. The van der Waals surface area contributed by atoms with Crippen LogP contribution in [0.2, 0.25) is 0 Å². The number of hydrogen-bond donors (Lipinski definition) is 2. The van der Waals surface area contributed by atoms with Crippen molar-refractivity contribution >= 4 is 16.9 Å². The predicted molar refractivity (Wildman–Crippen MR) is 84.6 cm³/mol. The van der Waals surface area contributed by atoms with Crippen molar-refractivity contribution in [2.75, 3.05) is 6.61 Å². The minimum atomic E-state index is -0.145. The van der Waals surface area contributed by atoms with Gasteiger partial charge in [-0.3, -0.25) is 4.79 Å². The Bertz CT molecular complexity index is 795. The normalized spacial score (nSPS) is 10.6. The number of aromatic nitrogens is 2. The molecule has 0 saturated heterocycles. The summed E-state index contributed by atoms with van der Waals surface area (Å²) in [6.07, 6.45) is 1.66. The number of para-hydroxylation sites is 1. The number of nitrogens with zero attached hydrogens (tertiary/aromatic N) is 1. The highest BCUT2D eigenvalue weighted by atomic mass is 16.5. The van der Waals surface area contributed by atoms with Gasteiger partial charge in [0.25, 0.3) is 5.91 Å². The van der Waals surface area contributed by atoms with E-state index in [4.69, 9.17) is 4.74 Å². The summed E-state index contributed by atoms with van der Waals surface area (Å²) in [5.41, 5.74) is 3.90. The smallest absolute Gasteiger partial charge is 0.258 e. The molecular formula is C17H17N3O2. The first kappa shape index (κ1) is 14.1. The van der Waals surface area contributed by atoms with Crippen LogP contribution in [0.1, 0.15) is 11.1 Å². The zero-order valence-corrected chi connectivity index (χ0v) is 12.3. The van der Waals surface area contributed by atoms with Crippen molar-refractivity contribution in [3.05, 3.63) is 59.9 Å². The van der Waals surface area contributed by atoms with E-state index in [9.17, 15) is 4.79 Å². The number of fused-ring (bicyclic) bond motifs is 1. The molecule has 0 atom stereocenters. The number of hydrogen-bond acceptors (Lipinski definition) is 3. The summed E-state index contributed by atoms with van der Waals surface area (Å²) in [6.45, 7) is 2.43. The van der Waals surface area contributed by atoms with E-state index in [-0.39, 0.29) is 12.5 Å². The van der Waals surface area contributed by atoms with Gasteiger partial charge in [0.15, 0.2) is 6.61 Å². The molecule has 1 aromatic heterocycles. The first-order valence-electron chi connectivity index (χ1n) is 7.09. The van der Waals surface area contributed by atoms with Gasteiger partial charge in [-0.05, 0) is 36.2 Å². The molecule has 0 spiro atoms. The van der Waals surface area contributed by atoms with Crippen molar-refractivity contribution in [3.63, 3.8) is 0 Å². The number of ether oxygens (including phenoxy) is 1. The van der Waals surface area contributed by atoms with Gasteiger partial charge in [-0.2, -0.15) is 0 Å². The zero-order chi connectivity index (χ0) is 15.4. The number of rotatable bonds is 5. The third-order valence-corrected chi connectivity index (χ3v) is 3.43. The molecule has 0 aliphatic carbocycles. The molecule has 22 heavy (non-hydrogen) atoms. The molecule has 0 radical (unpaired) electrons. The van der Waals surface area contributed by atoms with E-state index in [2.05, 4.69) is 15.3 Å². The highest BCUT2D eigenvalue weighted by Gasteiger charge is 2.05. The molecule has 112 valence electrons. The highest BCUT2D eigenvalue weighted by Crippen LogP contribution is 2.15. The summed E-state index contributed by atoms with van der Waals surface area (Å²) in [5, 5.41) is 2.85. The van der Waals surface area contributed by atoms with Crippen LogP contribution < -0.4 is 10.1 Å². The monoisotopic (exact) mass is 295 g/mol. The molecule has 5 heteroatoms. The van der Waals surface area contributed by atoms with Gasteiger partial charge in [-0.15, -0.1) is 0 Å². The average Bonchev–Trinajstić information content (AvgIpc) is 2.99. The van der Waals surface area contributed by atoms with Gasteiger partial charge in [-0.25, -0.2) is 4.98 Å². The molecule has 5 nitrogen and oxygen atoms in total. The Labute approximate surface area is 128 Å². The van der Waals surface area contributed by atoms with E-state index in [1.165, 1.54) is 0 Å². The van der Waals surface area contributed by atoms with Crippen molar-refractivity contribution in [2.45, 2.75) is 13.5 Å². The summed E-state index contributed by atoms with van der Waals surface area (Å²) in [4.78, 5) is 19.1. The topological polar surface area (TPSA) is 67.0 Å². The second-order valence-corrected chi connectivity index (χ2v) is 5.08. The second-order valence-electron chi connectivity index (χ2n) is 5.08. The fourth-order valence-electron chi connectivity index (χ4n) is 2.21. The zero-order valence-electron chi connectivity index (χ0n) is 12.3. The number of aryl methyl sites for hydroxylation is 1. The molecule has 2 N–H and O–H groups in total. The number of imidazole rings is 1. The lowest BCUT2D eigenvalue weighted by atomic mass is 10.2. The van der Waals surface area contributed by atoms with Crippen LogP contribution in [0.5, 0.6) is 5.75 Å². The number of carbonyl (C=O) groups is 1.